The molecule has 1 aliphatic heterocycles. The highest BCUT2D eigenvalue weighted by atomic mass is 19.1. The number of rotatable bonds is 4. The van der Waals surface area contributed by atoms with Crippen molar-refractivity contribution < 1.29 is 14.2 Å². The summed E-state index contributed by atoms with van der Waals surface area (Å²) in [5.41, 5.74) is 0.565. The van der Waals surface area contributed by atoms with E-state index < -0.39 is 11.9 Å². The molecule has 0 aliphatic carbocycles. The number of aryl methyl sites for hydroxylation is 1. The molecule has 1 atom stereocenters. The fraction of sp³-hybridized carbons (Fsp3) is 0.467. The molecule has 21 heavy (non-hydrogen) atoms. The molecule has 0 fully saturated rings. The van der Waals surface area contributed by atoms with Gasteiger partial charge in [0.15, 0.2) is 5.82 Å². The van der Waals surface area contributed by atoms with Gasteiger partial charge in [-0.05, 0) is 31.9 Å². The summed E-state index contributed by atoms with van der Waals surface area (Å²) < 4.78 is 21.1. The monoisotopic (exact) mass is 291 g/mol. The highest BCUT2D eigenvalue weighted by molar-refractivity contribution is 5.35. The van der Waals surface area contributed by atoms with Gasteiger partial charge in [-0.2, -0.15) is 0 Å². The van der Waals surface area contributed by atoms with Gasteiger partial charge in [0.2, 0.25) is 0 Å². The molecule has 0 unspecified atom stereocenters. The van der Waals surface area contributed by atoms with Crippen LogP contribution in [0, 0.1) is 5.82 Å². The summed E-state index contributed by atoms with van der Waals surface area (Å²) in [5.74, 6) is 1.68. The van der Waals surface area contributed by atoms with Crippen molar-refractivity contribution in [3.8, 4) is 5.75 Å². The van der Waals surface area contributed by atoms with E-state index >= 15 is 0 Å². The molecule has 1 aromatic carbocycles. The van der Waals surface area contributed by atoms with Gasteiger partial charge in [-0.3, -0.25) is 0 Å². The lowest BCUT2D eigenvalue weighted by Gasteiger charge is -2.16. The van der Waals surface area contributed by atoms with Gasteiger partial charge >= 0.3 is 0 Å². The lowest BCUT2D eigenvalue weighted by atomic mass is 10.1. The summed E-state index contributed by atoms with van der Waals surface area (Å²) in [7, 11) is 0. The molecule has 0 saturated heterocycles. The maximum Gasteiger partial charge on any atom is 0.171 e. The molecule has 0 radical (unpaired) electrons. The molecule has 1 N–H and O–H groups in total. The topological polar surface area (TPSA) is 60.2 Å². The summed E-state index contributed by atoms with van der Waals surface area (Å²) in [6.45, 7) is 2.74. The molecule has 1 aliphatic rings. The zero-order chi connectivity index (χ0) is 14.8. The van der Waals surface area contributed by atoms with E-state index in [0.717, 1.165) is 37.5 Å². The Morgan fingerprint density at radius 1 is 1.38 bits per heavy atom. The Hall–Kier alpha value is -1.95. The fourth-order valence-electron chi connectivity index (χ4n) is 2.60. The number of hydrogen-bond donors (Lipinski definition) is 1. The van der Waals surface area contributed by atoms with Gasteiger partial charge in [0.1, 0.15) is 24.0 Å². The van der Waals surface area contributed by atoms with Crippen LogP contribution in [0.3, 0.4) is 0 Å². The van der Waals surface area contributed by atoms with Crippen LogP contribution in [-0.2, 0) is 19.6 Å². The minimum Gasteiger partial charge on any atom is -0.485 e. The van der Waals surface area contributed by atoms with Gasteiger partial charge in [-0.1, -0.05) is 0 Å². The van der Waals surface area contributed by atoms with Crippen LogP contribution in [0.2, 0.25) is 0 Å². The van der Waals surface area contributed by atoms with Gasteiger partial charge in [0.25, 0.3) is 0 Å². The third kappa shape index (κ3) is 2.90. The van der Waals surface area contributed by atoms with Gasteiger partial charge in [0, 0.05) is 24.6 Å². The number of aliphatic hydroxyl groups excluding tert-OH is 1. The average molecular weight is 291 g/mol. The number of halogens is 1. The first-order valence-corrected chi connectivity index (χ1v) is 7.16. The number of aliphatic hydroxyl groups is 1. The Morgan fingerprint density at radius 3 is 3.05 bits per heavy atom. The van der Waals surface area contributed by atoms with Gasteiger partial charge in [-0.15, -0.1) is 10.2 Å². The van der Waals surface area contributed by atoms with Crippen molar-refractivity contribution in [1.29, 1.82) is 0 Å². The Balaban J connectivity index is 1.79. The first-order chi connectivity index (χ1) is 10.1. The first kappa shape index (κ1) is 14.0. The van der Waals surface area contributed by atoms with Crippen LogP contribution in [-0.4, -0.2) is 19.9 Å². The molecule has 0 saturated carbocycles. The standard InChI is InChI=1S/C15H18FN3O2/c1-10(20)12-6-5-11(16)8-13(12)21-9-15-18-17-14-4-2-3-7-19(14)15/h5-6,8,10,20H,2-4,7,9H2,1H3/t10-/m1/s1. The van der Waals surface area contributed by atoms with E-state index in [9.17, 15) is 9.50 Å². The van der Waals surface area contributed by atoms with Gasteiger partial charge < -0.3 is 14.4 Å². The molecule has 6 heteroatoms. The third-order valence-corrected chi connectivity index (χ3v) is 3.72. The zero-order valence-corrected chi connectivity index (χ0v) is 11.9. The Morgan fingerprint density at radius 2 is 2.24 bits per heavy atom. The number of hydrogen-bond acceptors (Lipinski definition) is 4. The van der Waals surface area contributed by atoms with Crippen molar-refractivity contribution >= 4 is 0 Å². The number of ether oxygens (including phenoxy) is 1. The molecule has 5 nitrogen and oxygen atoms in total. The molecule has 3 rings (SSSR count). The predicted octanol–water partition coefficient (Wildman–Crippen LogP) is 2.39. The molecule has 112 valence electrons. The minimum absolute atomic E-state index is 0.218. The van der Waals surface area contributed by atoms with Crippen molar-refractivity contribution in [3.63, 3.8) is 0 Å². The molecule has 2 heterocycles. The lowest BCUT2D eigenvalue weighted by Crippen LogP contribution is -2.14. The second-order valence-corrected chi connectivity index (χ2v) is 5.29. The summed E-state index contributed by atoms with van der Waals surface area (Å²) >= 11 is 0. The van der Waals surface area contributed by atoms with E-state index in [1.165, 1.54) is 18.2 Å². The highest BCUT2D eigenvalue weighted by Crippen LogP contribution is 2.27. The largest absolute Gasteiger partial charge is 0.485 e. The van der Waals surface area contributed by atoms with E-state index in [2.05, 4.69) is 14.8 Å². The van der Waals surface area contributed by atoms with Crippen LogP contribution in [0.5, 0.6) is 5.75 Å². The van der Waals surface area contributed by atoms with Crippen LogP contribution in [0.1, 0.15) is 43.1 Å². The van der Waals surface area contributed by atoms with Gasteiger partial charge in [0.05, 0.1) is 6.10 Å². The second kappa shape index (κ2) is 5.81. The van der Waals surface area contributed by atoms with Crippen LogP contribution >= 0.6 is 0 Å². The fourth-order valence-corrected chi connectivity index (χ4v) is 2.60. The number of benzene rings is 1. The molecule has 0 amide bonds. The van der Waals surface area contributed by atoms with E-state index in [-0.39, 0.29) is 6.61 Å². The van der Waals surface area contributed by atoms with Crippen molar-refractivity contribution in [3.05, 3.63) is 41.2 Å². The molecule has 0 bridgehead atoms. The van der Waals surface area contributed by atoms with Crippen LogP contribution < -0.4 is 4.74 Å². The van der Waals surface area contributed by atoms with Gasteiger partial charge in [-0.25, -0.2) is 4.39 Å². The molecule has 2 aromatic rings. The van der Waals surface area contributed by atoms with E-state index in [1.807, 2.05) is 0 Å². The van der Waals surface area contributed by atoms with Crippen LogP contribution in [0.25, 0.3) is 0 Å². The summed E-state index contributed by atoms with van der Waals surface area (Å²) in [6.07, 6.45) is 2.46. The predicted molar refractivity (Wildman–Crippen MR) is 74.3 cm³/mol. The molecule has 0 spiro atoms. The highest BCUT2D eigenvalue weighted by Gasteiger charge is 2.17. The Bertz CT molecular complexity index is 640. The second-order valence-electron chi connectivity index (χ2n) is 5.29. The van der Waals surface area contributed by atoms with Crippen molar-refractivity contribution in [2.24, 2.45) is 0 Å². The van der Waals surface area contributed by atoms with E-state index in [4.69, 9.17) is 4.74 Å². The first-order valence-electron chi connectivity index (χ1n) is 7.16. The van der Waals surface area contributed by atoms with E-state index in [0.29, 0.717) is 11.3 Å². The summed E-state index contributed by atoms with van der Waals surface area (Å²) in [4.78, 5) is 0. The molecular weight excluding hydrogens is 273 g/mol. The Labute approximate surface area is 122 Å². The van der Waals surface area contributed by atoms with Crippen LogP contribution in [0.4, 0.5) is 4.39 Å². The summed E-state index contributed by atoms with van der Waals surface area (Å²) in [5, 5.41) is 18.0. The molecular formula is C15H18FN3O2. The minimum atomic E-state index is -0.715. The Kier molecular flexibility index (Phi) is 3.88. The average Bonchev–Trinajstić information content (AvgIpc) is 2.88. The lowest BCUT2D eigenvalue weighted by molar-refractivity contribution is 0.188. The number of nitrogens with zero attached hydrogens (tertiary/aromatic N) is 3. The maximum absolute atomic E-state index is 13.4. The summed E-state index contributed by atoms with van der Waals surface area (Å²) in [6, 6.07) is 4.14. The van der Waals surface area contributed by atoms with Crippen molar-refractivity contribution in [1.82, 2.24) is 14.8 Å². The quantitative estimate of drug-likeness (QED) is 0.939. The normalized spacial score (nSPS) is 15.6. The van der Waals surface area contributed by atoms with Crippen molar-refractivity contribution in [2.75, 3.05) is 0 Å². The smallest absolute Gasteiger partial charge is 0.171 e. The SMILES string of the molecule is C[C@@H](O)c1ccc(F)cc1OCc1nnc2n1CCCC2. The molecule has 1 aromatic heterocycles. The van der Waals surface area contributed by atoms with Crippen LogP contribution in [0.15, 0.2) is 18.2 Å². The zero-order valence-electron chi connectivity index (χ0n) is 11.9. The number of fused-ring (bicyclic) bond motifs is 1. The third-order valence-electron chi connectivity index (χ3n) is 3.72. The van der Waals surface area contributed by atoms with Crippen molar-refractivity contribution in [2.45, 2.75) is 45.4 Å². The number of aromatic nitrogens is 3. The maximum atomic E-state index is 13.4. The van der Waals surface area contributed by atoms with E-state index in [1.54, 1.807) is 6.92 Å².